The zero-order valence-corrected chi connectivity index (χ0v) is 69.9. The SMILES string of the molecule is CC(C)[Si](O[C@@H]1C[C@@H]2O[C@@H]3C[C@@H]4O[C@@H]5[C@@H](C)[C@H](C)[C@@]6(CCCO6)O[C@H]5[C@@H](OCc5ccc6ccccc6c5)[C@H](C)[C@H]4O[C@H]3C[C@@H](C)C[C@H]2O[C@@]1(C)[C@@H](CC1OCC[C@H]2O[C@H]3C=C[C@H]4O[C@H]5[C@H](OCc6ccc7ccccc7c6)[C@H]6OCC=CC[C@@H]6O[C@@H]5C[C@@H]4O[C@@H]3C/C=C\[C@@H]2O1)OCc1ccc2ccccc2c1)(C(C)C)C(C)C. The minimum Gasteiger partial charge on any atom is -0.410 e. The lowest BCUT2D eigenvalue weighted by molar-refractivity contribution is -0.342. The van der Waals surface area contributed by atoms with Crippen LogP contribution in [0, 0.1) is 23.7 Å². The minimum absolute atomic E-state index is 0.0821. The maximum atomic E-state index is 8.30. The zero-order chi connectivity index (χ0) is 78.2. The summed E-state index contributed by atoms with van der Waals surface area (Å²) in [4.78, 5) is 0. The first kappa shape index (κ1) is 79.9. The third-order valence-corrected chi connectivity index (χ3v) is 34.9. The van der Waals surface area contributed by atoms with Crippen molar-refractivity contribution in [3.05, 3.63) is 181 Å². The Morgan fingerprint density at radius 3 is 1.68 bits per heavy atom. The highest BCUT2D eigenvalue weighted by Crippen LogP contribution is 2.54. The van der Waals surface area contributed by atoms with Crippen LogP contribution in [0.4, 0.5) is 0 Å². The molecule has 9 fully saturated rings. The Kier molecular flexibility index (Phi) is 23.7. The van der Waals surface area contributed by atoms with Gasteiger partial charge in [-0.25, -0.2) is 0 Å². The van der Waals surface area contributed by atoms with Crippen molar-refractivity contribution >= 4 is 40.6 Å². The smallest absolute Gasteiger partial charge is 0.200 e. The van der Waals surface area contributed by atoms with E-state index in [1.165, 1.54) is 26.9 Å². The van der Waals surface area contributed by atoms with E-state index in [1.807, 2.05) is 0 Å². The molecule has 0 aromatic heterocycles. The molecular weight excluding hydrogens is 1450 g/mol. The van der Waals surface area contributed by atoms with E-state index in [0.29, 0.717) is 78.2 Å². The predicted molar refractivity (Wildman–Crippen MR) is 440 cm³/mol. The van der Waals surface area contributed by atoms with E-state index >= 15 is 0 Å². The molecule has 114 heavy (non-hydrogen) atoms. The van der Waals surface area contributed by atoms with E-state index < -0.39 is 44.3 Å². The highest BCUT2D eigenvalue weighted by Gasteiger charge is 2.63. The molecule has 0 saturated carbocycles. The van der Waals surface area contributed by atoms with E-state index in [4.69, 9.17) is 80.2 Å². The van der Waals surface area contributed by atoms with Gasteiger partial charge in [-0.2, -0.15) is 0 Å². The third kappa shape index (κ3) is 15.8. The van der Waals surface area contributed by atoms with Crippen molar-refractivity contribution in [1.82, 2.24) is 0 Å². The molecule has 12 aliphatic rings. The second kappa shape index (κ2) is 33.8. The van der Waals surface area contributed by atoms with Gasteiger partial charge in [0.1, 0.15) is 48.3 Å². The molecule has 29 atom stereocenters. The minimum atomic E-state index is -2.68. The second-order valence-corrected chi connectivity index (χ2v) is 42.3. The first-order chi connectivity index (χ1) is 55.3. The Bertz CT molecular complexity index is 4350. The molecule has 0 bridgehead atoms. The van der Waals surface area contributed by atoms with Crippen molar-refractivity contribution < 1.29 is 80.2 Å². The summed E-state index contributed by atoms with van der Waals surface area (Å²) in [7, 11) is -2.68. The van der Waals surface area contributed by atoms with Crippen LogP contribution in [0.1, 0.15) is 163 Å². The Balaban J connectivity index is 0.615. The molecule has 17 nitrogen and oxygen atoms in total. The van der Waals surface area contributed by atoms with Gasteiger partial charge >= 0.3 is 0 Å². The average molecular weight is 1580 g/mol. The number of rotatable bonds is 17. The van der Waals surface area contributed by atoms with Gasteiger partial charge in [-0.3, -0.25) is 0 Å². The topological polar surface area (TPSA) is 157 Å². The summed E-state index contributed by atoms with van der Waals surface area (Å²) in [5.74, 6) is -0.369. The summed E-state index contributed by atoms with van der Waals surface area (Å²) in [6, 6.07) is 45.4. The van der Waals surface area contributed by atoms with Crippen molar-refractivity contribution in [2.75, 3.05) is 19.8 Å². The Morgan fingerprint density at radius 1 is 0.447 bits per heavy atom. The number of benzene rings is 6. The molecule has 18 rings (SSSR count). The van der Waals surface area contributed by atoms with Crippen LogP contribution in [-0.4, -0.2) is 180 Å². The summed E-state index contributed by atoms with van der Waals surface area (Å²) in [5, 5.41) is 7.14. The Hall–Kier alpha value is -5.14. The zero-order valence-electron chi connectivity index (χ0n) is 68.9. The van der Waals surface area contributed by atoms with Gasteiger partial charge in [-0.05, 0) is 141 Å². The summed E-state index contributed by atoms with van der Waals surface area (Å²) in [6.07, 6.45) is 12.6. The van der Waals surface area contributed by atoms with Gasteiger partial charge in [-0.15, -0.1) is 0 Å². The fourth-order valence-corrected chi connectivity index (χ4v) is 28.3. The van der Waals surface area contributed by atoms with Crippen LogP contribution in [0.25, 0.3) is 32.3 Å². The van der Waals surface area contributed by atoms with Crippen molar-refractivity contribution in [2.45, 2.75) is 335 Å². The largest absolute Gasteiger partial charge is 0.410 e. The number of hydrogen-bond acceptors (Lipinski definition) is 17. The molecule has 614 valence electrons. The molecule has 6 aromatic rings. The monoisotopic (exact) mass is 1580 g/mol. The highest BCUT2D eigenvalue weighted by molar-refractivity contribution is 6.77. The van der Waals surface area contributed by atoms with Crippen LogP contribution >= 0.6 is 0 Å². The van der Waals surface area contributed by atoms with Gasteiger partial charge in [0.25, 0.3) is 0 Å². The molecule has 0 radical (unpaired) electrons. The molecule has 12 heterocycles. The van der Waals surface area contributed by atoms with Crippen LogP contribution in [0.2, 0.25) is 16.6 Å². The van der Waals surface area contributed by atoms with E-state index in [9.17, 15) is 0 Å². The number of fused-ring (bicyclic) bond motifs is 12. The van der Waals surface area contributed by atoms with Crippen LogP contribution in [-0.2, 0) is 100 Å². The summed E-state index contributed by atoms with van der Waals surface area (Å²) in [5.41, 5.74) is 3.12. The van der Waals surface area contributed by atoms with E-state index in [-0.39, 0.29) is 156 Å². The van der Waals surface area contributed by atoms with E-state index in [2.05, 4.69) is 240 Å². The van der Waals surface area contributed by atoms with Crippen LogP contribution in [0.3, 0.4) is 0 Å². The molecule has 1 unspecified atom stereocenters. The Labute approximate surface area is 676 Å². The van der Waals surface area contributed by atoms with Gasteiger partial charge < -0.3 is 80.2 Å². The third-order valence-electron chi connectivity index (χ3n) is 28.8. The van der Waals surface area contributed by atoms with Crippen molar-refractivity contribution in [2.24, 2.45) is 23.7 Å². The van der Waals surface area contributed by atoms with Gasteiger partial charge in [0.15, 0.2) is 12.1 Å². The molecule has 18 heteroatoms. The maximum absolute atomic E-state index is 8.30. The fraction of sp³-hybridized carbons (Fsp3) is 0.625. The summed E-state index contributed by atoms with van der Waals surface area (Å²) in [6.45, 7) is 28.6. The lowest BCUT2D eigenvalue weighted by atomic mass is 9.76. The van der Waals surface area contributed by atoms with Crippen molar-refractivity contribution in [1.29, 1.82) is 0 Å². The van der Waals surface area contributed by atoms with E-state index in [0.717, 1.165) is 54.2 Å². The lowest BCUT2D eigenvalue weighted by Gasteiger charge is -2.57. The van der Waals surface area contributed by atoms with Gasteiger partial charge in [0.2, 0.25) is 8.32 Å². The van der Waals surface area contributed by atoms with Crippen LogP contribution < -0.4 is 0 Å². The molecule has 0 N–H and O–H groups in total. The highest BCUT2D eigenvalue weighted by atomic mass is 28.4. The van der Waals surface area contributed by atoms with Gasteiger partial charge in [-0.1, -0.05) is 215 Å². The summed E-state index contributed by atoms with van der Waals surface area (Å²) >= 11 is 0. The Morgan fingerprint density at radius 2 is 1.02 bits per heavy atom. The molecule has 6 aromatic carbocycles. The molecule has 9 saturated heterocycles. The molecule has 0 aliphatic carbocycles. The first-order valence-electron chi connectivity index (χ1n) is 43.8. The van der Waals surface area contributed by atoms with Gasteiger partial charge in [0.05, 0.1) is 131 Å². The van der Waals surface area contributed by atoms with Crippen molar-refractivity contribution in [3.8, 4) is 0 Å². The lowest BCUT2D eigenvalue weighted by Crippen LogP contribution is -2.67. The number of hydrogen-bond donors (Lipinski definition) is 0. The molecule has 0 amide bonds. The second-order valence-electron chi connectivity index (χ2n) is 36.9. The molecule has 12 aliphatic heterocycles. The number of ether oxygens (including phenoxy) is 16. The standard InChI is InChI=1S/C96H124O17Si/c1-56(2)114(57(3)4,58(5)6)113-86-51-81-82(45-59(7)44-78-80(106-81)50-83-88(109-78)61(9)89(100-54-64-32-35-67-23-13-16-26-70(67)47-64)94-90(110-83)60(8)62(10)96(112-94)40-21-42-102-96)111-95(86,11)85(99-53-63-31-34-66-22-12-15-25-69(66)46-63)52-87-97-43-39-76-73(107-87)30-20-29-72-74(103-76)37-38-75-79(104-72)49-84-92(108-75)93(91-77(105-84)28-18-19-41-98-91)101-55-65-33-36-68-24-14-17-27-71(68)48-65/h12-20,22-27,30-38,46-48,56-62,72-94H,21,28-29,39-45,49-55H2,1-11H3/b30-20-/t59-,60+,61-,62+,72-,73+,74+,75-,76-,77+,78+,79+,80-,81+,82-,83+,84-,85-,86-,87?,88-,89+,90-,91+,92-,93-,94+,95+,96-/m1/s1. The first-order valence-corrected chi connectivity index (χ1v) is 45.9. The summed E-state index contributed by atoms with van der Waals surface area (Å²) < 4.78 is 125. The molecular formula is C96H124O17Si. The maximum Gasteiger partial charge on any atom is 0.200 e. The van der Waals surface area contributed by atoms with E-state index in [1.54, 1.807) is 0 Å². The van der Waals surface area contributed by atoms with Crippen LogP contribution in [0.5, 0.6) is 0 Å². The van der Waals surface area contributed by atoms with Crippen molar-refractivity contribution in [3.63, 3.8) is 0 Å². The predicted octanol–water partition coefficient (Wildman–Crippen LogP) is 18.1. The fourth-order valence-electron chi connectivity index (χ4n) is 22.6. The van der Waals surface area contributed by atoms with Gasteiger partial charge in [0, 0.05) is 43.9 Å². The van der Waals surface area contributed by atoms with Crippen LogP contribution in [0.15, 0.2) is 164 Å². The molecule has 1 spiro atoms. The normalized spacial score (nSPS) is 40.2. The quantitative estimate of drug-likeness (QED) is 0.0627. The average Bonchev–Trinajstić information content (AvgIpc) is 1.65.